The Morgan fingerprint density at radius 3 is 2.61 bits per heavy atom. The predicted molar refractivity (Wildman–Crippen MR) is 104 cm³/mol. The van der Waals surface area contributed by atoms with E-state index in [1.54, 1.807) is 18.2 Å². The first-order chi connectivity index (χ1) is 13.5. The number of nitrogens with one attached hydrogen (secondary N) is 1. The minimum atomic E-state index is -0.693. The summed E-state index contributed by atoms with van der Waals surface area (Å²) in [6.45, 7) is 3.93. The average Bonchev–Trinajstić information content (AvgIpc) is 3.19. The Labute approximate surface area is 164 Å². The van der Waals surface area contributed by atoms with Crippen LogP contribution < -0.4 is 14.8 Å². The zero-order valence-corrected chi connectivity index (χ0v) is 16.5. The lowest BCUT2D eigenvalue weighted by molar-refractivity contribution is -0.131. The summed E-state index contributed by atoms with van der Waals surface area (Å²) in [4.78, 5) is 38.8. The molecule has 1 aromatic carbocycles. The van der Waals surface area contributed by atoms with Crippen molar-refractivity contribution in [3.05, 3.63) is 29.3 Å². The van der Waals surface area contributed by atoms with Gasteiger partial charge in [0, 0.05) is 11.6 Å². The molecule has 0 radical (unpaired) electrons. The summed E-state index contributed by atoms with van der Waals surface area (Å²) in [5.74, 6) is -0.265. The SMILES string of the molecule is CC[C@@H](C)Oc1c(/C=C2\C(=O)NC(=O)N(C3CCCC3)C2=O)cccc1OC. The Hall–Kier alpha value is -2.83. The zero-order valence-electron chi connectivity index (χ0n) is 16.5. The van der Waals surface area contributed by atoms with E-state index >= 15 is 0 Å². The van der Waals surface area contributed by atoms with E-state index in [-0.39, 0.29) is 17.7 Å². The van der Waals surface area contributed by atoms with E-state index in [0.29, 0.717) is 17.1 Å². The van der Waals surface area contributed by atoms with Crippen LogP contribution in [0.2, 0.25) is 0 Å². The summed E-state index contributed by atoms with van der Waals surface area (Å²) < 4.78 is 11.4. The van der Waals surface area contributed by atoms with Crippen molar-refractivity contribution in [1.82, 2.24) is 10.2 Å². The highest BCUT2D eigenvalue weighted by atomic mass is 16.5. The molecule has 1 atom stereocenters. The van der Waals surface area contributed by atoms with Crippen LogP contribution >= 0.6 is 0 Å². The van der Waals surface area contributed by atoms with E-state index in [1.807, 2.05) is 13.8 Å². The number of nitrogens with zero attached hydrogens (tertiary/aromatic N) is 1. The first-order valence-corrected chi connectivity index (χ1v) is 9.70. The lowest BCUT2D eigenvalue weighted by Gasteiger charge is -2.31. The van der Waals surface area contributed by atoms with Gasteiger partial charge in [-0.1, -0.05) is 31.9 Å². The molecule has 2 fully saturated rings. The molecule has 7 nitrogen and oxygen atoms in total. The summed E-state index contributed by atoms with van der Waals surface area (Å²) in [6, 6.07) is 4.48. The maximum atomic E-state index is 13.0. The standard InChI is InChI=1S/C21H26N2O5/c1-4-13(2)28-18-14(8-7-11-17(18)27-3)12-16-19(24)22-21(26)23(20(16)25)15-9-5-6-10-15/h7-8,11-13,15H,4-6,9-10H2,1-3H3,(H,22,24,26)/b16-12+/t13-/m1/s1. The number of amides is 4. The second kappa shape index (κ2) is 8.46. The molecule has 1 aliphatic heterocycles. The normalized spacial score (nSPS) is 20.5. The number of urea groups is 1. The van der Waals surface area contributed by atoms with Crippen LogP contribution in [0.25, 0.3) is 6.08 Å². The van der Waals surface area contributed by atoms with Gasteiger partial charge in [0.05, 0.1) is 13.2 Å². The number of benzene rings is 1. The van der Waals surface area contributed by atoms with E-state index in [1.165, 1.54) is 18.1 Å². The summed E-state index contributed by atoms with van der Waals surface area (Å²) in [6.07, 6.45) is 5.67. The molecule has 0 unspecified atom stereocenters. The second-order valence-corrected chi connectivity index (χ2v) is 7.15. The molecule has 150 valence electrons. The van der Waals surface area contributed by atoms with Gasteiger partial charge in [0.25, 0.3) is 11.8 Å². The number of carbonyl (C=O) groups is 3. The number of rotatable bonds is 6. The van der Waals surface area contributed by atoms with Crippen molar-refractivity contribution in [2.24, 2.45) is 0 Å². The molecular weight excluding hydrogens is 360 g/mol. The minimum Gasteiger partial charge on any atom is -0.493 e. The molecule has 0 spiro atoms. The van der Waals surface area contributed by atoms with Crippen LogP contribution in [-0.2, 0) is 9.59 Å². The van der Waals surface area contributed by atoms with Crippen LogP contribution in [0, 0.1) is 0 Å². The number of para-hydroxylation sites is 1. The first-order valence-electron chi connectivity index (χ1n) is 9.70. The van der Waals surface area contributed by atoms with E-state index < -0.39 is 17.8 Å². The van der Waals surface area contributed by atoms with Gasteiger partial charge < -0.3 is 9.47 Å². The largest absolute Gasteiger partial charge is 0.493 e. The topological polar surface area (TPSA) is 84.9 Å². The van der Waals surface area contributed by atoms with Crippen LogP contribution in [0.1, 0.15) is 51.5 Å². The lowest BCUT2D eigenvalue weighted by atomic mass is 10.0. The number of ether oxygens (including phenoxy) is 2. The van der Waals surface area contributed by atoms with Crippen molar-refractivity contribution in [3.8, 4) is 11.5 Å². The predicted octanol–water partition coefficient (Wildman–Crippen LogP) is 3.28. The van der Waals surface area contributed by atoms with Gasteiger partial charge >= 0.3 is 6.03 Å². The summed E-state index contributed by atoms with van der Waals surface area (Å²) >= 11 is 0. The molecule has 3 rings (SSSR count). The maximum Gasteiger partial charge on any atom is 0.331 e. The molecule has 2 aliphatic rings. The van der Waals surface area contributed by atoms with Gasteiger partial charge in [-0.25, -0.2) is 4.79 Å². The molecule has 1 N–H and O–H groups in total. The second-order valence-electron chi connectivity index (χ2n) is 7.15. The number of hydrogen-bond donors (Lipinski definition) is 1. The van der Waals surface area contributed by atoms with E-state index in [4.69, 9.17) is 9.47 Å². The maximum absolute atomic E-state index is 13.0. The lowest BCUT2D eigenvalue weighted by Crippen LogP contribution is -2.57. The van der Waals surface area contributed by atoms with E-state index in [9.17, 15) is 14.4 Å². The Balaban J connectivity index is 2.00. The fourth-order valence-corrected chi connectivity index (χ4v) is 3.54. The third kappa shape index (κ3) is 3.88. The Kier molecular flexibility index (Phi) is 6.02. The Morgan fingerprint density at radius 2 is 1.96 bits per heavy atom. The smallest absolute Gasteiger partial charge is 0.331 e. The molecular formula is C21H26N2O5. The van der Waals surface area contributed by atoms with E-state index in [0.717, 1.165) is 32.1 Å². The number of carbonyl (C=O) groups excluding carboxylic acids is 3. The molecule has 28 heavy (non-hydrogen) atoms. The highest BCUT2D eigenvalue weighted by Gasteiger charge is 2.40. The Morgan fingerprint density at radius 1 is 1.25 bits per heavy atom. The zero-order chi connectivity index (χ0) is 20.3. The van der Waals surface area contributed by atoms with Crippen LogP contribution in [0.4, 0.5) is 4.79 Å². The van der Waals surface area contributed by atoms with Crippen LogP contribution in [0.3, 0.4) is 0 Å². The molecule has 1 aromatic rings. The van der Waals surface area contributed by atoms with Gasteiger partial charge in [-0.15, -0.1) is 0 Å². The van der Waals surface area contributed by atoms with Crippen molar-refractivity contribution in [1.29, 1.82) is 0 Å². The van der Waals surface area contributed by atoms with Crippen LogP contribution in [0.15, 0.2) is 23.8 Å². The molecule has 4 amide bonds. The fraction of sp³-hybridized carbons (Fsp3) is 0.476. The molecule has 1 saturated carbocycles. The number of methoxy groups -OCH3 is 1. The van der Waals surface area contributed by atoms with Gasteiger partial charge in [0.1, 0.15) is 5.57 Å². The molecule has 1 heterocycles. The fourth-order valence-electron chi connectivity index (χ4n) is 3.54. The number of imide groups is 2. The highest BCUT2D eigenvalue weighted by molar-refractivity contribution is 6.31. The van der Waals surface area contributed by atoms with Gasteiger partial charge in [0.2, 0.25) is 0 Å². The van der Waals surface area contributed by atoms with Crippen molar-refractivity contribution in [3.63, 3.8) is 0 Å². The molecule has 0 bridgehead atoms. The molecule has 7 heteroatoms. The first kappa shape index (κ1) is 19.9. The number of hydrogen-bond acceptors (Lipinski definition) is 5. The van der Waals surface area contributed by atoms with Gasteiger partial charge in [-0.05, 0) is 38.3 Å². The van der Waals surface area contributed by atoms with Crippen LogP contribution in [-0.4, -0.2) is 42.0 Å². The monoisotopic (exact) mass is 386 g/mol. The van der Waals surface area contributed by atoms with Gasteiger partial charge in [-0.3, -0.25) is 19.8 Å². The average molecular weight is 386 g/mol. The van der Waals surface area contributed by atoms with Crippen molar-refractivity contribution in [2.45, 2.75) is 58.1 Å². The van der Waals surface area contributed by atoms with Crippen molar-refractivity contribution >= 4 is 23.9 Å². The molecule has 0 aromatic heterocycles. The molecule has 1 saturated heterocycles. The van der Waals surface area contributed by atoms with Crippen LogP contribution in [0.5, 0.6) is 11.5 Å². The quantitative estimate of drug-likeness (QED) is 0.599. The number of barbiturate groups is 1. The van der Waals surface area contributed by atoms with E-state index in [2.05, 4.69) is 5.32 Å². The highest BCUT2D eigenvalue weighted by Crippen LogP contribution is 2.35. The third-order valence-electron chi connectivity index (χ3n) is 5.25. The summed E-state index contributed by atoms with van der Waals surface area (Å²) in [5.41, 5.74) is 0.479. The van der Waals surface area contributed by atoms with Gasteiger partial charge in [-0.2, -0.15) is 0 Å². The van der Waals surface area contributed by atoms with Crippen molar-refractivity contribution in [2.75, 3.05) is 7.11 Å². The molecule has 1 aliphatic carbocycles. The minimum absolute atomic E-state index is 0.0686. The summed E-state index contributed by atoms with van der Waals surface area (Å²) in [7, 11) is 1.54. The van der Waals surface area contributed by atoms with Crippen molar-refractivity contribution < 1.29 is 23.9 Å². The summed E-state index contributed by atoms with van der Waals surface area (Å²) in [5, 5.41) is 2.29. The van der Waals surface area contributed by atoms with Gasteiger partial charge in [0.15, 0.2) is 11.5 Å². The third-order valence-corrected chi connectivity index (χ3v) is 5.25. The Bertz CT molecular complexity index is 811.